The molecule has 5 nitrogen and oxygen atoms in total. The SMILES string of the molecule is CSc1nc(C)nc(SC)c1NC(=O)N(Cc1cc(C)ccc1C)C1CCc2ccccc21. The third-order valence-corrected chi connectivity index (χ3v) is 7.52. The van der Waals surface area contributed by atoms with Gasteiger partial charge in [-0.2, -0.15) is 0 Å². The lowest BCUT2D eigenvalue weighted by Crippen LogP contribution is -2.37. The Morgan fingerprint density at radius 1 is 1.06 bits per heavy atom. The standard InChI is InChI=1S/C26H30N4OS2/c1-16-10-11-17(2)20(14-16)15-30(22-13-12-19-8-6-7-9-21(19)22)26(31)29-23-24(32-4)27-18(3)28-25(23)33-5/h6-11,14,22H,12-13,15H2,1-5H3,(H,29,31). The molecule has 1 unspecified atom stereocenters. The van der Waals surface area contributed by atoms with Gasteiger partial charge in [-0.3, -0.25) is 0 Å². The summed E-state index contributed by atoms with van der Waals surface area (Å²) in [7, 11) is 0. The number of thioether (sulfide) groups is 2. The summed E-state index contributed by atoms with van der Waals surface area (Å²) in [6.45, 7) is 6.64. The minimum Gasteiger partial charge on any atom is -0.313 e. The number of hydrogen-bond donors (Lipinski definition) is 1. The Balaban J connectivity index is 1.73. The predicted molar refractivity (Wildman–Crippen MR) is 138 cm³/mol. The molecule has 33 heavy (non-hydrogen) atoms. The van der Waals surface area contributed by atoms with Crippen molar-refractivity contribution in [1.29, 1.82) is 0 Å². The minimum absolute atomic E-state index is 0.0305. The first-order valence-electron chi connectivity index (χ1n) is 11.1. The second-order valence-electron chi connectivity index (χ2n) is 8.41. The zero-order valence-electron chi connectivity index (χ0n) is 19.8. The second-order valence-corrected chi connectivity index (χ2v) is 10.00. The van der Waals surface area contributed by atoms with E-state index >= 15 is 0 Å². The van der Waals surface area contributed by atoms with E-state index in [4.69, 9.17) is 0 Å². The van der Waals surface area contributed by atoms with Crippen LogP contribution in [-0.2, 0) is 13.0 Å². The normalized spacial score (nSPS) is 14.8. The molecule has 4 rings (SSSR count). The number of urea groups is 1. The molecule has 1 aliphatic carbocycles. The molecule has 0 radical (unpaired) electrons. The maximum absolute atomic E-state index is 13.9. The van der Waals surface area contributed by atoms with Crippen LogP contribution in [0.3, 0.4) is 0 Å². The molecule has 172 valence electrons. The number of rotatable bonds is 6. The first-order valence-corrected chi connectivity index (χ1v) is 13.5. The Bertz CT molecular complexity index is 1160. The van der Waals surface area contributed by atoms with Crippen LogP contribution in [0.2, 0.25) is 0 Å². The summed E-state index contributed by atoms with van der Waals surface area (Å²) in [6, 6.07) is 14.8. The van der Waals surface area contributed by atoms with E-state index in [9.17, 15) is 4.79 Å². The van der Waals surface area contributed by atoms with Crippen LogP contribution in [0, 0.1) is 20.8 Å². The number of aryl methyl sites for hydroxylation is 4. The van der Waals surface area contributed by atoms with E-state index in [-0.39, 0.29) is 12.1 Å². The lowest BCUT2D eigenvalue weighted by Gasteiger charge is -2.31. The summed E-state index contributed by atoms with van der Waals surface area (Å²) in [6.07, 6.45) is 5.86. The maximum atomic E-state index is 13.9. The van der Waals surface area contributed by atoms with Crippen molar-refractivity contribution in [3.63, 3.8) is 0 Å². The van der Waals surface area contributed by atoms with Gasteiger partial charge in [0.1, 0.15) is 21.6 Å². The van der Waals surface area contributed by atoms with Crippen LogP contribution in [0.25, 0.3) is 0 Å². The first kappa shape index (κ1) is 23.6. The fraction of sp³-hybridized carbons (Fsp3) is 0.346. The van der Waals surface area contributed by atoms with Gasteiger partial charge in [0.15, 0.2) is 0 Å². The lowest BCUT2D eigenvalue weighted by molar-refractivity contribution is 0.183. The summed E-state index contributed by atoms with van der Waals surface area (Å²) in [5.74, 6) is 0.707. The molecule has 1 aliphatic rings. The zero-order valence-corrected chi connectivity index (χ0v) is 21.4. The number of hydrogen-bond acceptors (Lipinski definition) is 5. The van der Waals surface area contributed by atoms with Gasteiger partial charge in [-0.25, -0.2) is 14.8 Å². The van der Waals surface area contributed by atoms with Crippen LogP contribution in [-0.4, -0.2) is 33.4 Å². The fourth-order valence-corrected chi connectivity index (χ4v) is 5.65. The van der Waals surface area contributed by atoms with Gasteiger partial charge >= 0.3 is 6.03 Å². The molecule has 0 saturated heterocycles. The summed E-state index contributed by atoms with van der Waals surface area (Å²) in [5, 5.41) is 4.77. The van der Waals surface area contributed by atoms with Gasteiger partial charge in [-0.15, -0.1) is 23.5 Å². The number of nitrogens with zero attached hydrogens (tertiary/aromatic N) is 3. The number of aromatic nitrogens is 2. The molecule has 2 aromatic carbocycles. The van der Waals surface area contributed by atoms with Crippen molar-refractivity contribution >= 4 is 35.2 Å². The molecule has 0 saturated carbocycles. The molecular weight excluding hydrogens is 448 g/mol. The Labute approximate surface area is 204 Å². The number of fused-ring (bicyclic) bond motifs is 1. The zero-order chi connectivity index (χ0) is 23.5. The average molecular weight is 479 g/mol. The maximum Gasteiger partial charge on any atom is 0.322 e. The highest BCUT2D eigenvalue weighted by Crippen LogP contribution is 2.38. The van der Waals surface area contributed by atoms with E-state index in [2.05, 4.69) is 71.6 Å². The number of nitrogens with one attached hydrogen (secondary N) is 1. The Morgan fingerprint density at radius 3 is 2.45 bits per heavy atom. The average Bonchev–Trinajstić information content (AvgIpc) is 3.24. The Morgan fingerprint density at radius 2 is 1.76 bits per heavy atom. The first-order chi connectivity index (χ1) is 15.9. The molecule has 2 amide bonds. The van der Waals surface area contributed by atoms with Crippen LogP contribution in [0.5, 0.6) is 0 Å². The van der Waals surface area contributed by atoms with Gasteiger partial charge in [0.05, 0.1) is 6.04 Å². The van der Waals surface area contributed by atoms with Crippen LogP contribution in [0.15, 0.2) is 52.5 Å². The smallest absolute Gasteiger partial charge is 0.313 e. The number of anilines is 1. The molecule has 7 heteroatoms. The van der Waals surface area contributed by atoms with Gasteiger partial charge in [0.25, 0.3) is 0 Å². The highest BCUT2D eigenvalue weighted by atomic mass is 32.2. The van der Waals surface area contributed by atoms with Crippen molar-refractivity contribution < 1.29 is 4.79 Å². The molecule has 3 aromatic rings. The molecule has 0 fully saturated rings. The van der Waals surface area contributed by atoms with Gasteiger partial charge in [-0.05, 0) is 68.4 Å². The minimum atomic E-state index is -0.115. The molecule has 1 atom stereocenters. The van der Waals surface area contributed by atoms with Crippen LogP contribution in [0.1, 0.15) is 46.1 Å². The number of amides is 2. The molecule has 1 N–H and O–H groups in total. The monoisotopic (exact) mass is 478 g/mol. The molecule has 0 spiro atoms. The van der Waals surface area contributed by atoms with Crippen molar-refractivity contribution in [3.05, 3.63) is 76.1 Å². The highest BCUT2D eigenvalue weighted by molar-refractivity contribution is 7.99. The fourth-order valence-electron chi connectivity index (χ4n) is 4.44. The molecule has 0 bridgehead atoms. The van der Waals surface area contributed by atoms with Crippen molar-refractivity contribution in [2.24, 2.45) is 0 Å². The topological polar surface area (TPSA) is 58.1 Å². The Hall–Kier alpha value is -2.51. The van der Waals surface area contributed by atoms with Gasteiger partial charge in [-0.1, -0.05) is 48.0 Å². The molecular formula is C26H30N4OS2. The molecule has 0 aliphatic heterocycles. The predicted octanol–water partition coefficient (Wildman–Crippen LogP) is 6.57. The lowest BCUT2D eigenvalue weighted by atomic mass is 10.0. The number of benzene rings is 2. The van der Waals surface area contributed by atoms with Crippen LogP contribution < -0.4 is 5.32 Å². The van der Waals surface area contributed by atoms with Crippen molar-refractivity contribution in [2.45, 2.75) is 56.3 Å². The van der Waals surface area contributed by atoms with Crippen LogP contribution in [0.4, 0.5) is 10.5 Å². The van der Waals surface area contributed by atoms with Gasteiger partial charge < -0.3 is 10.2 Å². The second kappa shape index (κ2) is 10.2. The number of carbonyl (C=O) groups excluding carboxylic acids is 1. The number of carbonyl (C=O) groups is 1. The third-order valence-electron chi connectivity index (χ3n) is 6.16. The van der Waals surface area contributed by atoms with Crippen LogP contribution >= 0.6 is 23.5 Å². The summed E-state index contributed by atoms with van der Waals surface area (Å²) < 4.78 is 0. The van der Waals surface area contributed by atoms with E-state index in [1.807, 2.05) is 24.3 Å². The highest BCUT2D eigenvalue weighted by Gasteiger charge is 2.32. The van der Waals surface area contributed by atoms with E-state index in [1.165, 1.54) is 51.3 Å². The third kappa shape index (κ3) is 5.04. The summed E-state index contributed by atoms with van der Waals surface area (Å²) in [5.41, 5.74) is 6.83. The van der Waals surface area contributed by atoms with Gasteiger partial charge in [0.2, 0.25) is 0 Å². The molecule has 1 aromatic heterocycles. The van der Waals surface area contributed by atoms with E-state index in [0.29, 0.717) is 18.1 Å². The summed E-state index contributed by atoms with van der Waals surface area (Å²) >= 11 is 3.05. The largest absolute Gasteiger partial charge is 0.322 e. The van der Waals surface area contributed by atoms with Crippen molar-refractivity contribution in [3.8, 4) is 0 Å². The summed E-state index contributed by atoms with van der Waals surface area (Å²) in [4.78, 5) is 25.0. The van der Waals surface area contributed by atoms with E-state index in [1.54, 1.807) is 0 Å². The molecule has 1 heterocycles. The van der Waals surface area contributed by atoms with Gasteiger partial charge in [0, 0.05) is 6.54 Å². The van der Waals surface area contributed by atoms with Crippen molar-refractivity contribution in [2.75, 3.05) is 17.8 Å². The van der Waals surface area contributed by atoms with Crippen molar-refractivity contribution in [1.82, 2.24) is 14.9 Å². The quantitative estimate of drug-likeness (QED) is 0.321. The van der Waals surface area contributed by atoms with E-state index < -0.39 is 0 Å². The van der Waals surface area contributed by atoms with E-state index in [0.717, 1.165) is 22.9 Å². The Kier molecular flexibility index (Phi) is 7.29.